The maximum Gasteiger partial charge on any atom is 0.422 e. The molecule has 0 aliphatic heterocycles. The van der Waals surface area contributed by atoms with Crippen molar-refractivity contribution in [2.75, 3.05) is 5.32 Å². The van der Waals surface area contributed by atoms with E-state index in [4.69, 9.17) is 11.6 Å². The number of anilines is 1. The molecule has 0 fully saturated rings. The van der Waals surface area contributed by atoms with E-state index >= 15 is 0 Å². The Balaban J connectivity index is 2.24. The monoisotopic (exact) mass is 403 g/mol. The number of nitrogens with one attached hydrogen (secondary N) is 1. The van der Waals surface area contributed by atoms with Crippen molar-refractivity contribution in [1.82, 2.24) is 9.78 Å². The Hall–Kier alpha value is -2.30. The molecule has 0 aliphatic carbocycles. The number of carbonyl (C=O) groups excluding carboxylic acids is 1. The van der Waals surface area contributed by atoms with Crippen molar-refractivity contribution >= 4 is 23.2 Å². The Morgan fingerprint density at radius 2 is 1.69 bits per heavy atom. The Labute approximate surface area is 146 Å². The van der Waals surface area contributed by atoms with Crippen molar-refractivity contribution < 1.29 is 35.5 Å². The van der Waals surface area contributed by atoms with Gasteiger partial charge in [-0.25, -0.2) is 17.6 Å². The number of halogens is 8. The van der Waals surface area contributed by atoms with Crippen LogP contribution in [0.25, 0.3) is 0 Å². The van der Waals surface area contributed by atoms with Crippen molar-refractivity contribution in [1.29, 1.82) is 0 Å². The Bertz CT molecular complexity index is 834. The number of amides is 1. The topological polar surface area (TPSA) is 46.9 Å². The van der Waals surface area contributed by atoms with Crippen LogP contribution in [0.1, 0.15) is 17.7 Å². The second-order valence-corrected chi connectivity index (χ2v) is 5.51. The maximum absolute atomic E-state index is 13.7. The molecular formula is C14H9ClF7N3O. The maximum atomic E-state index is 13.7. The molecule has 142 valence electrons. The number of hydrogen-bond acceptors (Lipinski definition) is 2. The van der Waals surface area contributed by atoms with Crippen LogP contribution in [0, 0.1) is 30.2 Å². The number of aryl methyl sites for hydroxylation is 1. The summed E-state index contributed by atoms with van der Waals surface area (Å²) in [6, 6.07) is 0. The van der Waals surface area contributed by atoms with Gasteiger partial charge in [0, 0.05) is 6.42 Å². The highest BCUT2D eigenvalue weighted by atomic mass is 35.5. The molecule has 2 rings (SSSR count). The number of aromatic nitrogens is 2. The van der Waals surface area contributed by atoms with Gasteiger partial charge in [0.05, 0.1) is 23.5 Å². The molecule has 12 heteroatoms. The Morgan fingerprint density at radius 3 is 2.12 bits per heavy atom. The molecule has 0 saturated carbocycles. The van der Waals surface area contributed by atoms with Crippen LogP contribution in [0.15, 0.2) is 6.20 Å². The lowest BCUT2D eigenvalue weighted by molar-refractivity contribution is -0.143. The fraction of sp³-hybridized carbons (Fsp3) is 0.286. The number of carbonyl (C=O) groups is 1. The van der Waals surface area contributed by atoms with Gasteiger partial charge < -0.3 is 5.32 Å². The third-order valence-electron chi connectivity index (χ3n) is 3.41. The number of nitrogens with zero attached hydrogens (tertiary/aromatic N) is 2. The first-order valence-electron chi connectivity index (χ1n) is 6.86. The summed E-state index contributed by atoms with van der Waals surface area (Å²) >= 11 is 5.74. The normalized spacial score (nSPS) is 11.7. The lowest BCUT2D eigenvalue weighted by Crippen LogP contribution is -2.21. The molecule has 0 aliphatic rings. The van der Waals surface area contributed by atoms with Gasteiger partial charge >= 0.3 is 6.18 Å². The zero-order chi connectivity index (χ0) is 19.8. The van der Waals surface area contributed by atoms with Crippen molar-refractivity contribution in [3.8, 4) is 0 Å². The van der Waals surface area contributed by atoms with Crippen LogP contribution >= 0.6 is 11.6 Å². The van der Waals surface area contributed by atoms with E-state index in [1.54, 1.807) is 6.92 Å². The molecule has 1 aromatic heterocycles. The largest absolute Gasteiger partial charge is 0.422 e. The third-order valence-corrected chi connectivity index (χ3v) is 3.78. The highest BCUT2D eigenvalue weighted by molar-refractivity contribution is 6.31. The average molecular weight is 404 g/mol. The van der Waals surface area contributed by atoms with Gasteiger partial charge in [0.1, 0.15) is 11.3 Å². The summed E-state index contributed by atoms with van der Waals surface area (Å²) in [4.78, 5) is 11.7. The summed E-state index contributed by atoms with van der Waals surface area (Å²) in [6.45, 7) is 1.48. The minimum absolute atomic E-state index is 0.0980. The summed E-state index contributed by atoms with van der Waals surface area (Å²) in [5, 5.41) is 5.63. The van der Waals surface area contributed by atoms with E-state index in [0.717, 1.165) is 0 Å². The summed E-state index contributed by atoms with van der Waals surface area (Å²) in [6.07, 6.45) is -4.81. The van der Waals surface area contributed by atoms with Gasteiger partial charge in [-0.1, -0.05) is 11.6 Å². The first kappa shape index (κ1) is 20.0. The molecule has 0 spiro atoms. The number of benzene rings is 1. The second kappa shape index (κ2) is 7.14. The van der Waals surface area contributed by atoms with Crippen LogP contribution in [-0.2, 0) is 17.5 Å². The number of alkyl halides is 3. The zero-order valence-electron chi connectivity index (χ0n) is 12.8. The molecular weight excluding hydrogens is 395 g/mol. The van der Waals surface area contributed by atoms with Gasteiger partial charge in [0.2, 0.25) is 5.91 Å². The van der Waals surface area contributed by atoms with E-state index in [1.807, 2.05) is 0 Å². The quantitative estimate of drug-likeness (QED) is 0.605. The first-order valence-corrected chi connectivity index (χ1v) is 7.23. The van der Waals surface area contributed by atoms with Gasteiger partial charge in [-0.3, -0.25) is 9.48 Å². The molecule has 2 aromatic rings. The Morgan fingerprint density at radius 1 is 1.15 bits per heavy atom. The molecule has 1 N–H and O–H groups in total. The summed E-state index contributed by atoms with van der Waals surface area (Å²) < 4.78 is 93.1. The highest BCUT2D eigenvalue weighted by Gasteiger charge is 2.42. The lowest BCUT2D eigenvalue weighted by atomic mass is 10.1. The molecule has 1 amide bonds. The van der Waals surface area contributed by atoms with Gasteiger partial charge in [-0.05, 0) is 6.92 Å². The average Bonchev–Trinajstić information content (AvgIpc) is 2.85. The highest BCUT2D eigenvalue weighted by Crippen LogP contribution is 2.38. The minimum Gasteiger partial charge on any atom is -0.321 e. The molecule has 1 aromatic carbocycles. The van der Waals surface area contributed by atoms with E-state index < -0.39 is 53.0 Å². The van der Waals surface area contributed by atoms with E-state index in [2.05, 4.69) is 5.10 Å². The van der Waals surface area contributed by atoms with E-state index in [0.29, 0.717) is 10.7 Å². The Kier molecular flexibility index (Phi) is 5.49. The minimum atomic E-state index is -5.66. The van der Waals surface area contributed by atoms with Crippen LogP contribution < -0.4 is 5.32 Å². The second-order valence-electron chi connectivity index (χ2n) is 5.10. The van der Waals surface area contributed by atoms with E-state index in [9.17, 15) is 35.5 Å². The summed E-state index contributed by atoms with van der Waals surface area (Å²) in [5.74, 6) is -11.1. The van der Waals surface area contributed by atoms with Gasteiger partial charge in [0.15, 0.2) is 23.3 Å². The van der Waals surface area contributed by atoms with Gasteiger partial charge in [0.25, 0.3) is 0 Å². The molecule has 0 radical (unpaired) electrons. The summed E-state index contributed by atoms with van der Waals surface area (Å²) in [7, 11) is 0. The van der Waals surface area contributed by atoms with Crippen molar-refractivity contribution in [2.45, 2.75) is 26.1 Å². The smallest absolute Gasteiger partial charge is 0.321 e. The molecule has 0 unspecified atom stereocenters. The van der Waals surface area contributed by atoms with Crippen LogP contribution in [0.4, 0.5) is 36.4 Å². The molecule has 26 heavy (non-hydrogen) atoms. The zero-order valence-corrected chi connectivity index (χ0v) is 13.6. The third kappa shape index (κ3) is 3.76. The van der Waals surface area contributed by atoms with Crippen molar-refractivity contribution in [2.24, 2.45) is 0 Å². The van der Waals surface area contributed by atoms with E-state index in [1.165, 1.54) is 16.2 Å². The van der Waals surface area contributed by atoms with Crippen LogP contribution in [0.5, 0.6) is 0 Å². The lowest BCUT2D eigenvalue weighted by Gasteiger charge is -2.14. The van der Waals surface area contributed by atoms with Crippen LogP contribution in [0.2, 0.25) is 5.02 Å². The standard InChI is InChI=1S/C14H9ClF7N3O/c1-5-6(15)4-23-25(5)3-2-7(26)24-13-11(18)9(16)8(14(20,21)22)10(17)12(13)19/h4H,2-3H2,1H3,(H,24,26). The predicted octanol–water partition coefficient (Wildman–Crippen LogP) is 4.45. The molecule has 1 heterocycles. The molecule has 0 atom stereocenters. The first-order chi connectivity index (χ1) is 11.9. The van der Waals surface area contributed by atoms with Gasteiger partial charge in [-0.15, -0.1) is 0 Å². The van der Waals surface area contributed by atoms with Crippen LogP contribution in [0.3, 0.4) is 0 Å². The fourth-order valence-corrected chi connectivity index (χ4v) is 2.19. The van der Waals surface area contributed by atoms with Crippen LogP contribution in [-0.4, -0.2) is 15.7 Å². The van der Waals surface area contributed by atoms with Gasteiger partial charge in [-0.2, -0.15) is 18.3 Å². The molecule has 0 bridgehead atoms. The van der Waals surface area contributed by atoms with Crippen molar-refractivity contribution in [3.63, 3.8) is 0 Å². The number of hydrogen-bond donors (Lipinski definition) is 1. The van der Waals surface area contributed by atoms with E-state index in [-0.39, 0.29) is 6.54 Å². The predicted molar refractivity (Wildman–Crippen MR) is 76.5 cm³/mol. The fourth-order valence-electron chi connectivity index (χ4n) is 2.05. The SMILES string of the molecule is Cc1c(Cl)cnn1CCC(=O)Nc1c(F)c(F)c(C(F)(F)F)c(F)c1F. The summed E-state index contributed by atoms with van der Waals surface area (Å²) in [5.41, 5.74) is -3.87. The molecule has 4 nitrogen and oxygen atoms in total. The van der Waals surface area contributed by atoms with Crippen molar-refractivity contribution in [3.05, 3.63) is 45.7 Å². The number of rotatable bonds is 4. The molecule has 0 saturated heterocycles.